The summed E-state index contributed by atoms with van der Waals surface area (Å²) in [5.41, 5.74) is -0.624. The average Bonchev–Trinajstić information content (AvgIpc) is 2.26. The molecule has 0 amide bonds. The molecule has 88 valence electrons. The second-order valence-corrected chi connectivity index (χ2v) is 2.67. The van der Waals surface area contributed by atoms with Gasteiger partial charge in [-0.25, -0.2) is 8.78 Å². The summed E-state index contributed by atoms with van der Waals surface area (Å²) in [5, 5.41) is 10.6. The molecule has 0 saturated carbocycles. The third-order valence-electron chi connectivity index (χ3n) is 1.78. The predicted octanol–water partition coefficient (Wildman–Crippen LogP) is 1.94. The fraction of sp³-hybridized carbons (Fsp3) is 0.375. The molecule has 1 aromatic heterocycles. The fourth-order valence-electron chi connectivity index (χ4n) is 1.11. The molecule has 8 heteroatoms. The molecule has 0 unspecified atom stereocenters. The van der Waals surface area contributed by atoms with Crippen molar-refractivity contribution in [3.8, 4) is 11.6 Å². The van der Waals surface area contributed by atoms with Gasteiger partial charge in [0, 0.05) is 11.1 Å². The van der Waals surface area contributed by atoms with Crippen LogP contribution in [0.25, 0.3) is 0 Å². The van der Waals surface area contributed by atoms with Crippen LogP contribution in [0.3, 0.4) is 0 Å². The van der Waals surface area contributed by atoms with Gasteiger partial charge < -0.3 is 19.6 Å². The summed E-state index contributed by atoms with van der Waals surface area (Å²) in [5.74, 6) is -1.61. The summed E-state index contributed by atoms with van der Waals surface area (Å²) in [6, 6.07) is 0.899. The van der Waals surface area contributed by atoms with Crippen LogP contribution in [-0.2, 0) is 0 Å². The van der Waals surface area contributed by atoms with E-state index >= 15 is 0 Å². The van der Waals surface area contributed by atoms with Crippen molar-refractivity contribution < 1.29 is 23.2 Å². The first-order valence-electron chi connectivity index (χ1n) is 4.06. The zero-order chi connectivity index (χ0) is 12.3. The lowest BCUT2D eigenvalue weighted by Crippen LogP contribution is -2.03. The molecule has 0 aromatic carbocycles. The van der Waals surface area contributed by atoms with E-state index in [1.807, 2.05) is 0 Å². The Morgan fingerprint density at radius 3 is 2.44 bits per heavy atom. The summed E-state index contributed by atoms with van der Waals surface area (Å²) in [6.07, 6.45) is -2.91. The molecule has 0 atom stereocenters. The lowest BCUT2D eigenvalue weighted by molar-refractivity contribution is -0.390. The standard InChI is InChI=1S/C8H8F2N2O4/c1-15-5-3-4(7(9)10)6(16-2)8(11-5)12(13)14/h3,7H,1-2H3. The Morgan fingerprint density at radius 2 is 2.06 bits per heavy atom. The van der Waals surface area contributed by atoms with Crippen LogP contribution in [0.4, 0.5) is 14.6 Å². The molecule has 16 heavy (non-hydrogen) atoms. The maximum Gasteiger partial charge on any atom is 0.410 e. The lowest BCUT2D eigenvalue weighted by Gasteiger charge is -2.07. The zero-order valence-electron chi connectivity index (χ0n) is 8.44. The van der Waals surface area contributed by atoms with Gasteiger partial charge in [-0.1, -0.05) is 0 Å². The molecule has 0 bridgehead atoms. The molecule has 0 saturated heterocycles. The Bertz CT molecular complexity index is 411. The minimum absolute atomic E-state index is 0.261. The number of rotatable bonds is 4. The topological polar surface area (TPSA) is 74.5 Å². The summed E-state index contributed by atoms with van der Waals surface area (Å²) in [4.78, 5) is 13.1. The average molecular weight is 234 g/mol. The van der Waals surface area contributed by atoms with Gasteiger partial charge in [0.2, 0.25) is 5.75 Å². The first-order valence-corrected chi connectivity index (χ1v) is 4.06. The molecule has 1 aromatic rings. The molecule has 0 aliphatic rings. The van der Waals surface area contributed by atoms with Crippen molar-refractivity contribution >= 4 is 5.82 Å². The number of halogens is 2. The molecule has 0 radical (unpaired) electrons. The lowest BCUT2D eigenvalue weighted by atomic mass is 10.2. The highest BCUT2D eigenvalue weighted by molar-refractivity contribution is 5.49. The highest BCUT2D eigenvalue weighted by atomic mass is 19.3. The number of nitrogens with zero attached hydrogens (tertiary/aromatic N) is 2. The van der Waals surface area contributed by atoms with E-state index in [9.17, 15) is 18.9 Å². The van der Waals surface area contributed by atoms with Gasteiger partial charge in [0.1, 0.15) is 0 Å². The second-order valence-electron chi connectivity index (χ2n) is 2.67. The zero-order valence-corrected chi connectivity index (χ0v) is 8.44. The number of ether oxygens (including phenoxy) is 2. The van der Waals surface area contributed by atoms with Gasteiger partial charge in [0.25, 0.3) is 6.43 Å². The van der Waals surface area contributed by atoms with E-state index in [-0.39, 0.29) is 5.88 Å². The molecule has 1 rings (SSSR count). The minimum Gasteiger partial charge on any atom is -0.489 e. The van der Waals surface area contributed by atoms with Crippen LogP contribution >= 0.6 is 0 Å². The van der Waals surface area contributed by atoms with Crippen LogP contribution in [0.2, 0.25) is 0 Å². The number of aromatic nitrogens is 1. The predicted molar refractivity (Wildman–Crippen MR) is 49.0 cm³/mol. The molecule has 6 nitrogen and oxygen atoms in total. The quantitative estimate of drug-likeness (QED) is 0.587. The summed E-state index contributed by atoms with van der Waals surface area (Å²) < 4.78 is 34.3. The van der Waals surface area contributed by atoms with Crippen LogP contribution in [0.5, 0.6) is 11.6 Å². The highest BCUT2D eigenvalue weighted by Crippen LogP contribution is 2.37. The Kier molecular flexibility index (Phi) is 3.54. The van der Waals surface area contributed by atoms with Crippen LogP contribution in [0, 0.1) is 10.1 Å². The SMILES string of the molecule is COc1cc(C(F)F)c(OC)c([N+](=O)[O-])n1. The van der Waals surface area contributed by atoms with Crippen molar-refractivity contribution in [1.29, 1.82) is 0 Å². The number of methoxy groups -OCH3 is 2. The Morgan fingerprint density at radius 1 is 1.44 bits per heavy atom. The second kappa shape index (κ2) is 4.69. The van der Waals surface area contributed by atoms with E-state index in [0.29, 0.717) is 0 Å². The van der Waals surface area contributed by atoms with Crippen molar-refractivity contribution in [3.63, 3.8) is 0 Å². The van der Waals surface area contributed by atoms with Gasteiger partial charge in [-0.05, 0) is 4.92 Å². The smallest absolute Gasteiger partial charge is 0.410 e. The normalized spacial score (nSPS) is 10.3. The molecule has 0 aliphatic heterocycles. The third-order valence-corrected chi connectivity index (χ3v) is 1.78. The Hall–Kier alpha value is -1.99. The van der Waals surface area contributed by atoms with E-state index in [1.165, 1.54) is 7.11 Å². The van der Waals surface area contributed by atoms with E-state index < -0.39 is 28.5 Å². The van der Waals surface area contributed by atoms with Gasteiger partial charge in [-0.15, -0.1) is 0 Å². The van der Waals surface area contributed by atoms with Gasteiger partial charge in [-0.2, -0.15) is 0 Å². The van der Waals surface area contributed by atoms with E-state index in [0.717, 1.165) is 13.2 Å². The molecule has 0 spiro atoms. The largest absolute Gasteiger partial charge is 0.489 e. The molecule has 0 N–H and O–H groups in total. The molecular weight excluding hydrogens is 226 g/mol. The van der Waals surface area contributed by atoms with Crippen LogP contribution in [0.1, 0.15) is 12.0 Å². The number of nitro groups is 1. The third kappa shape index (κ3) is 2.15. The summed E-state index contributed by atoms with van der Waals surface area (Å²) >= 11 is 0. The van der Waals surface area contributed by atoms with E-state index in [1.54, 1.807) is 0 Å². The van der Waals surface area contributed by atoms with Crippen molar-refractivity contribution in [2.75, 3.05) is 14.2 Å². The molecule has 0 aliphatic carbocycles. The number of alkyl halides is 2. The molecular formula is C8H8F2N2O4. The van der Waals surface area contributed by atoms with Gasteiger partial charge in [-0.3, -0.25) is 0 Å². The fourth-order valence-corrected chi connectivity index (χ4v) is 1.11. The first-order chi connectivity index (χ1) is 7.51. The maximum absolute atomic E-state index is 12.6. The van der Waals surface area contributed by atoms with Gasteiger partial charge in [0.15, 0.2) is 0 Å². The van der Waals surface area contributed by atoms with E-state index in [2.05, 4.69) is 14.5 Å². The van der Waals surface area contributed by atoms with E-state index in [4.69, 9.17) is 0 Å². The molecule has 0 fully saturated rings. The number of hydrogen-bond acceptors (Lipinski definition) is 5. The maximum atomic E-state index is 12.6. The summed E-state index contributed by atoms with van der Waals surface area (Å²) in [6.45, 7) is 0. The van der Waals surface area contributed by atoms with Crippen molar-refractivity contribution in [2.45, 2.75) is 6.43 Å². The molecule has 1 heterocycles. The van der Waals surface area contributed by atoms with Gasteiger partial charge >= 0.3 is 11.7 Å². The highest BCUT2D eigenvalue weighted by Gasteiger charge is 2.28. The van der Waals surface area contributed by atoms with Crippen molar-refractivity contribution in [1.82, 2.24) is 4.98 Å². The number of hydrogen-bond donors (Lipinski definition) is 0. The Balaban J connectivity index is 3.46. The Labute approximate surface area is 89.0 Å². The first kappa shape index (κ1) is 12.1. The van der Waals surface area contributed by atoms with Crippen molar-refractivity contribution in [3.05, 3.63) is 21.7 Å². The van der Waals surface area contributed by atoms with Crippen molar-refractivity contribution in [2.24, 2.45) is 0 Å². The summed E-state index contributed by atoms with van der Waals surface area (Å²) in [7, 11) is 2.23. The monoisotopic (exact) mass is 234 g/mol. The minimum atomic E-state index is -2.91. The number of pyridine rings is 1. The van der Waals surface area contributed by atoms with Gasteiger partial charge in [0.05, 0.1) is 19.8 Å². The van der Waals surface area contributed by atoms with Crippen LogP contribution in [0.15, 0.2) is 6.07 Å². The van der Waals surface area contributed by atoms with Crippen LogP contribution < -0.4 is 9.47 Å². The van der Waals surface area contributed by atoms with Crippen LogP contribution in [-0.4, -0.2) is 24.1 Å².